The maximum Gasteiger partial charge on any atom is 0.333 e. The minimum atomic E-state index is -0.324. The lowest BCUT2D eigenvalue weighted by Crippen LogP contribution is -2.30. The number of carbonyl (C=O) groups excluding carboxylic acids is 2. The number of ether oxygens (including phenoxy) is 4. The van der Waals surface area contributed by atoms with Crippen LogP contribution in [0.5, 0.6) is 11.5 Å². The van der Waals surface area contributed by atoms with Gasteiger partial charge in [-0.1, -0.05) is 56.7 Å². The highest BCUT2D eigenvalue weighted by Gasteiger charge is 2.35. The molecule has 0 bridgehead atoms. The van der Waals surface area contributed by atoms with Gasteiger partial charge in [0, 0.05) is 16.6 Å². The van der Waals surface area contributed by atoms with E-state index < -0.39 is 0 Å². The predicted molar refractivity (Wildman–Crippen MR) is 167 cm³/mol. The first-order valence-corrected chi connectivity index (χ1v) is 15.4. The molecule has 0 aliphatic heterocycles. The summed E-state index contributed by atoms with van der Waals surface area (Å²) in [5, 5.41) is 0. The highest BCUT2D eigenvalue weighted by Crippen LogP contribution is 2.45. The van der Waals surface area contributed by atoms with Gasteiger partial charge in [-0.05, 0) is 101 Å². The van der Waals surface area contributed by atoms with Gasteiger partial charge in [0.2, 0.25) is 0 Å². The molecule has 1 aliphatic carbocycles. The van der Waals surface area contributed by atoms with E-state index in [0.717, 1.165) is 62.9 Å². The normalized spacial score (nSPS) is 14.0. The third kappa shape index (κ3) is 10.4. The summed E-state index contributed by atoms with van der Waals surface area (Å²) in [6, 6.07) is 17.3. The van der Waals surface area contributed by atoms with Gasteiger partial charge < -0.3 is 18.9 Å². The van der Waals surface area contributed by atoms with Gasteiger partial charge in [0.1, 0.15) is 11.5 Å². The number of benzene rings is 2. The molecule has 1 aliphatic rings. The topological polar surface area (TPSA) is 71.1 Å². The Balaban J connectivity index is 1.46. The highest BCUT2D eigenvalue weighted by atomic mass is 16.5. The first kappa shape index (κ1) is 33.0. The average Bonchev–Trinajstić information content (AvgIpc) is 3.00. The van der Waals surface area contributed by atoms with E-state index >= 15 is 0 Å². The SMILES string of the molecule is C=C(C)C(=O)OCCCCCOc1ccc(C2(c3ccc(OCCCCCOC(=O)C(=C)C)cc3)CCCCC2)cc1. The Kier molecular flexibility index (Phi) is 13.7. The largest absolute Gasteiger partial charge is 0.494 e. The molecule has 0 aromatic heterocycles. The Morgan fingerprint density at radius 2 is 0.976 bits per heavy atom. The third-order valence-electron chi connectivity index (χ3n) is 7.80. The zero-order valence-corrected chi connectivity index (χ0v) is 25.6. The Morgan fingerprint density at radius 1 is 0.595 bits per heavy atom. The van der Waals surface area contributed by atoms with Crippen molar-refractivity contribution in [2.45, 2.75) is 89.9 Å². The van der Waals surface area contributed by atoms with Gasteiger partial charge in [0.25, 0.3) is 0 Å². The van der Waals surface area contributed by atoms with Crippen LogP contribution in [0.3, 0.4) is 0 Å². The second-order valence-corrected chi connectivity index (χ2v) is 11.3. The molecule has 6 nitrogen and oxygen atoms in total. The molecule has 1 fully saturated rings. The molecule has 0 N–H and O–H groups in total. The maximum absolute atomic E-state index is 11.4. The van der Waals surface area contributed by atoms with Crippen LogP contribution < -0.4 is 9.47 Å². The summed E-state index contributed by atoms with van der Waals surface area (Å²) in [4.78, 5) is 22.9. The van der Waals surface area contributed by atoms with Gasteiger partial charge in [-0.25, -0.2) is 9.59 Å². The summed E-state index contributed by atoms with van der Waals surface area (Å²) >= 11 is 0. The highest BCUT2D eigenvalue weighted by molar-refractivity contribution is 5.87. The zero-order valence-electron chi connectivity index (χ0n) is 25.6. The van der Waals surface area contributed by atoms with Gasteiger partial charge in [-0.15, -0.1) is 0 Å². The first-order valence-electron chi connectivity index (χ1n) is 15.4. The molecule has 0 radical (unpaired) electrons. The minimum absolute atomic E-state index is 0.0117. The van der Waals surface area contributed by atoms with Crippen LogP contribution in [0.15, 0.2) is 72.8 Å². The summed E-state index contributed by atoms with van der Waals surface area (Å²) in [6.45, 7) is 12.6. The van der Waals surface area contributed by atoms with E-state index in [4.69, 9.17) is 18.9 Å². The van der Waals surface area contributed by atoms with Crippen LogP contribution in [0.1, 0.15) is 95.6 Å². The lowest BCUT2D eigenvalue weighted by Gasteiger charge is -2.38. The van der Waals surface area contributed by atoms with Gasteiger partial charge in [-0.2, -0.15) is 0 Å². The molecule has 228 valence electrons. The van der Waals surface area contributed by atoms with Gasteiger partial charge in [0.15, 0.2) is 0 Å². The van der Waals surface area contributed by atoms with Gasteiger partial charge >= 0.3 is 11.9 Å². The van der Waals surface area contributed by atoms with Gasteiger partial charge in [-0.3, -0.25) is 0 Å². The monoisotopic (exact) mass is 576 g/mol. The molecule has 0 unspecified atom stereocenters. The second kappa shape index (κ2) is 17.4. The van der Waals surface area contributed by atoms with E-state index in [1.54, 1.807) is 13.8 Å². The van der Waals surface area contributed by atoms with Crippen LogP contribution in [0.2, 0.25) is 0 Å². The van der Waals surface area contributed by atoms with Crippen molar-refractivity contribution < 1.29 is 28.5 Å². The quantitative estimate of drug-likeness (QED) is 0.101. The number of rotatable bonds is 18. The van der Waals surface area contributed by atoms with E-state index in [1.165, 1.54) is 30.4 Å². The van der Waals surface area contributed by atoms with Crippen molar-refractivity contribution >= 4 is 11.9 Å². The molecule has 2 aromatic rings. The summed E-state index contributed by atoms with van der Waals surface area (Å²) in [5.74, 6) is 1.12. The van der Waals surface area contributed by atoms with Crippen molar-refractivity contribution in [2.24, 2.45) is 0 Å². The van der Waals surface area contributed by atoms with Crippen molar-refractivity contribution in [2.75, 3.05) is 26.4 Å². The van der Waals surface area contributed by atoms with Crippen molar-refractivity contribution in [3.05, 3.63) is 84.0 Å². The molecule has 2 aromatic carbocycles. The summed E-state index contributed by atoms with van der Waals surface area (Å²) in [5.41, 5.74) is 3.56. The molecule has 0 atom stereocenters. The smallest absolute Gasteiger partial charge is 0.333 e. The van der Waals surface area contributed by atoms with Crippen LogP contribution in [-0.4, -0.2) is 38.4 Å². The molecule has 0 heterocycles. The zero-order chi connectivity index (χ0) is 30.2. The Labute approximate surface area is 252 Å². The predicted octanol–water partition coefficient (Wildman–Crippen LogP) is 8.27. The number of hydrogen-bond donors (Lipinski definition) is 0. The second-order valence-electron chi connectivity index (χ2n) is 11.3. The fraction of sp³-hybridized carbons (Fsp3) is 0.500. The average molecular weight is 577 g/mol. The lowest BCUT2D eigenvalue weighted by molar-refractivity contribution is -0.139. The van der Waals surface area contributed by atoms with E-state index in [0.29, 0.717) is 37.6 Å². The van der Waals surface area contributed by atoms with Crippen molar-refractivity contribution in [1.82, 2.24) is 0 Å². The van der Waals surface area contributed by atoms with E-state index in [-0.39, 0.29) is 17.4 Å². The van der Waals surface area contributed by atoms with Crippen molar-refractivity contribution in [3.63, 3.8) is 0 Å². The van der Waals surface area contributed by atoms with Crippen LogP contribution in [0, 0.1) is 0 Å². The van der Waals surface area contributed by atoms with E-state index in [9.17, 15) is 9.59 Å². The third-order valence-corrected chi connectivity index (χ3v) is 7.80. The molecule has 0 amide bonds. The minimum Gasteiger partial charge on any atom is -0.494 e. The Morgan fingerprint density at radius 3 is 1.36 bits per heavy atom. The lowest BCUT2D eigenvalue weighted by atomic mass is 9.65. The van der Waals surface area contributed by atoms with E-state index in [1.807, 2.05) is 0 Å². The molecule has 0 spiro atoms. The Hall–Kier alpha value is -3.54. The van der Waals surface area contributed by atoms with Gasteiger partial charge in [0.05, 0.1) is 26.4 Å². The van der Waals surface area contributed by atoms with Crippen LogP contribution in [0.25, 0.3) is 0 Å². The van der Waals surface area contributed by atoms with Crippen LogP contribution in [-0.2, 0) is 24.5 Å². The summed E-state index contributed by atoms with van der Waals surface area (Å²) in [6.07, 6.45) is 11.4. The molecule has 1 saturated carbocycles. The van der Waals surface area contributed by atoms with Crippen LogP contribution >= 0.6 is 0 Å². The molecular formula is C36H48O6. The van der Waals surface area contributed by atoms with Crippen molar-refractivity contribution in [3.8, 4) is 11.5 Å². The summed E-state index contributed by atoms with van der Waals surface area (Å²) in [7, 11) is 0. The fourth-order valence-corrected chi connectivity index (χ4v) is 5.36. The Bertz CT molecular complexity index is 1060. The molecule has 3 rings (SSSR count). The molecule has 42 heavy (non-hydrogen) atoms. The molecule has 6 heteroatoms. The number of hydrogen-bond acceptors (Lipinski definition) is 6. The standard InChI is InChI=1S/C36H48O6/c1-28(2)34(37)41-26-12-6-10-24-39-32-18-14-30(15-19-32)36(22-8-5-9-23-36)31-16-20-33(21-17-31)40-25-11-7-13-27-42-35(38)29(3)4/h14-21H,1,3,5-13,22-27H2,2,4H3. The number of unbranched alkanes of at least 4 members (excludes halogenated alkanes) is 4. The molecule has 0 saturated heterocycles. The van der Waals surface area contributed by atoms with E-state index in [2.05, 4.69) is 61.7 Å². The summed E-state index contributed by atoms with van der Waals surface area (Å²) < 4.78 is 22.3. The first-order chi connectivity index (χ1) is 20.3. The number of esters is 2. The maximum atomic E-state index is 11.4. The van der Waals surface area contributed by atoms with Crippen LogP contribution in [0.4, 0.5) is 0 Å². The fourth-order valence-electron chi connectivity index (χ4n) is 5.36. The number of carbonyl (C=O) groups is 2. The van der Waals surface area contributed by atoms with Crippen molar-refractivity contribution in [1.29, 1.82) is 0 Å². The molecular weight excluding hydrogens is 528 g/mol.